The topological polar surface area (TPSA) is 24.5 Å². The van der Waals surface area contributed by atoms with Gasteiger partial charge in [0.15, 0.2) is 0 Å². The molecule has 0 aromatic carbocycles. The van der Waals surface area contributed by atoms with Crippen molar-refractivity contribution in [2.45, 2.75) is 58.9 Å². The molecule has 0 bridgehead atoms. The van der Waals surface area contributed by atoms with Gasteiger partial charge in [0.1, 0.15) is 0 Å². The van der Waals surface area contributed by atoms with Crippen molar-refractivity contribution in [3.8, 4) is 0 Å². The maximum absolute atomic E-state index is 5.21. The van der Waals surface area contributed by atoms with Gasteiger partial charge in [-0.15, -0.1) is 0 Å². The zero-order chi connectivity index (χ0) is 15.2. The summed E-state index contributed by atoms with van der Waals surface area (Å²) in [4.78, 5) is 2.45. The van der Waals surface area contributed by atoms with Crippen LogP contribution in [-0.2, 0) is 4.74 Å². The summed E-state index contributed by atoms with van der Waals surface area (Å²) in [5.41, 5.74) is 0.645. The van der Waals surface area contributed by atoms with Crippen LogP contribution in [-0.4, -0.2) is 50.8 Å². The summed E-state index contributed by atoms with van der Waals surface area (Å²) in [5.74, 6) is 0.862. The van der Waals surface area contributed by atoms with Gasteiger partial charge >= 0.3 is 0 Å². The molecule has 3 nitrogen and oxygen atoms in total. The van der Waals surface area contributed by atoms with Crippen LogP contribution in [0.5, 0.6) is 0 Å². The Kier molecular flexibility index (Phi) is 6.96. The van der Waals surface area contributed by atoms with Gasteiger partial charge in [-0.05, 0) is 52.0 Å². The molecule has 1 rings (SSSR count). The third-order valence-electron chi connectivity index (χ3n) is 4.46. The molecule has 1 saturated carbocycles. The molecular formula is C17H36N2O. The molecule has 0 heterocycles. The predicted octanol–water partition coefficient (Wildman–Crippen LogP) is 3.15. The van der Waals surface area contributed by atoms with Crippen molar-refractivity contribution in [1.29, 1.82) is 0 Å². The van der Waals surface area contributed by atoms with E-state index in [-0.39, 0.29) is 5.54 Å². The first-order valence-corrected chi connectivity index (χ1v) is 8.19. The van der Waals surface area contributed by atoms with Gasteiger partial charge < -0.3 is 15.0 Å². The molecule has 0 saturated heterocycles. The van der Waals surface area contributed by atoms with Crippen molar-refractivity contribution in [2.24, 2.45) is 11.3 Å². The van der Waals surface area contributed by atoms with Gasteiger partial charge in [-0.1, -0.05) is 19.8 Å². The fourth-order valence-corrected chi connectivity index (χ4v) is 3.48. The number of hydrogen-bond donors (Lipinski definition) is 1. The van der Waals surface area contributed by atoms with Crippen LogP contribution in [0.25, 0.3) is 0 Å². The number of nitrogens with one attached hydrogen (secondary N) is 1. The van der Waals surface area contributed by atoms with Gasteiger partial charge in [0.05, 0.1) is 6.61 Å². The van der Waals surface area contributed by atoms with E-state index in [2.05, 4.69) is 45.0 Å². The molecule has 1 aliphatic rings. The standard InChI is InChI=1S/C17H36N2O/c1-15-8-7-9-17(12-15,13-18-16(2,3)4)14-19(5)10-11-20-6/h15,18H,7-14H2,1-6H3. The highest BCUT2D eigenvalue weighted by atomic mass is 16.5. The van der Waals surface area contributed by atoms with Gasteiger partial charge in [-0.3, -0.25) is 0 Å². The Hall–Kier alpha value is -0.120. The monoisotopic (exact) mass is 284 g/mol. The van der Waals surface area contributed by atoms with E-state index in [1.165, 1.54) is 32.2 Å². The third kappa shape index (κ3) is 6.55. The Morgan fingerprint density at radius 3 is 2.60 bits per heavy atom. The van der Waals surface area contributed by atoms with E-state index in [4.69, 9.17) is 4.74 Å². The summed E-state index contributed by atoms with van der Waals surface area (Å²) < 4.78 is 5.21. The molecule has 1 aliphatic carbocycles. The lowest BCUT2D eigenvalue weighted by atomic mass is 9.69. The van der Waals surface area contributed by atoms with Crippen molar-refractivity contribution in [2.75, 3.05) is 40.4 Å². The van der Waals surface area contributed by atoms with Crippen molar-refractivity contribution < 1.29 is 4.74 Å². The summed E-state index contributed by atoms with van der Waals surface area (Å²) in [6.07, 6.45) is 5.50. The molecule has 2 atom stereocenters. The van der Waals surface area contributed by atoms with E-state index in [1.54, 1.807) is 7.11 Å². The predicted molar refractivity (Wildman–Crippen MR) is 87.2 cm³/mol. The Morgan fingerprint density at radius 2 is 2.05 bits per heavy atom. The number of methoxy groups -OCH3 is 1. The van der Waals surface area contributed by atoms with Crippen molar-refractivity contribution in [3.05, 3.63) is 0 Å². The molecule has 0 aromatic rings. The minimum atomic E-state index is 0.207. The summed E-state index contributed by atoms with van der Waals surface area (Å²) in [6.45, 7) is 13.4. The summed E-state index contributed by atoms with van der Waals surface area (Å²) in [7, 11) is 4.02. The lowest BCUT2D eigenvalue weighted by Gasteiger charge is -2.44. The maximum atomic E-state index is 5.21. The summed E-state index contributed by atoms with van der Waals surface area (Å²) in [6, 6.07) is 0. The van der Waals surface area contributed by atoms with Crippen molar-refractivity contribution in [3.63, 3.8) is 0 Å². The lowest BCUT2D eigenvalue weighted by Crippen LogP contribution is -2.50. The van der Waals surface area contributed by atoms with E-state index in [0.29, 0.717) is 5.41 Å². The second-order valence-electron chi connectivity index (χ2n) is 8.04. The summed E-state index contributed by atoms with van der Waals surface area (Å²) >= 11 is 0. The van der Waals surface area contributed by atoms with E-state index in [0.717, 1.165) is 25.6 Å². The molecular weight excluding hydrogens is 248 g/mol. The highest BCUT2D eigenvalue weighted by Gasteiger charge is 2.36. The summed E-state index contributed by atoms with van der Waals surface area (Å²) in [5, 5.41) is 3.76. The molecule has 1 N–H and O–H groups in total. The fourth-order valence-electron chi connectivity index (χ4n) is 3.48. The lowest BCUT2D eigenvalue weighted by molar-refractivity contribution is 0.0710. The van der Waals surface area contributed by atoms with Gasteiger partial charge in [-0.25, -0.2) is 0 Å². The Morgan fingerprint density at radius 1 is 1.35 bits per heavy atom. The molecule has 0 aromatic heterocycles. The van der Waals surface area contributed by atoms with E-state index in [1.807, 2.05) is 0 Å². The van der Waals surface area contributed by atoms with Crippen molar-refractivity contribution in [1.82, 2.24) is 10.2 Å². The molecule has 0 radical (unpaired) electrons. The van der Waals surface area contributed by atoms with Crippen LogP contribution < -0.4 is 5.32 Å². The normalized spacial score (nSPS) is 28.1. The molecule has 3 heteroatoms. The zero-order valence-corrected chi connectivity index (χ0v) is 14.6. The van der Waals surface area contributed by atoms with Crippen LogP contribution in [0, 0.1) is 11.3 Å². The molecule has 0 amide bonds. The molecule has 1 fully saturated rings. The van der Waals surface area contributed by atoms with Gasteiger partial charge in [0.2, 0.25) is 0 Å². The minimum absolute atomic E-state index is 0.207. The smallest absolute Gasteiger partial charge is 0.0589 e. The van der Waals surface area contributed by atoms with Crippen LogP contribution in [0.4, 0.5) is 0 Å². The Balaban J connectivity index is 2.63. The molecule has 0 spiro atoms. The van der Waals surface area contributed by atoms with Crippen LogP contribution in [0.15, 0.2) is 0 Å². The molecule has 120 valence electrons. The first-order valence-electron chi connectivity index (χ1n) is 8.19. The second kappa shape index (κ2) is 7.77. The zero-order valence-electron chi connectivity index (χ0n) is 14.6. The van der Waals surface area contributed by atoms with Gasteiger partial charge in [-0.2, -0.15) is 0 Å². The number of rotatable bonds is 7. The first kappa shape index (κ1) is 17.9. The largest absolute Gasteiger partial charge is 0.383 e. The van der Waals surface area contributed by atoms with Crippen LogP contribution in [0.2, 0.25) is 0 Å². The van der Waals surface area contributed by atoms with Crippen LogP contribution in [0.1, 0.15) is 53.4 Å². The van der Waals surface area contributed by atoms with E-state index in [9.17, 15) is 0 Å². The highest BCUT2D eigenvalue weighted by Crippen LogP contribution is 2.39. The van der Waals surface area contributed by atoms with Gasteiger partial charge in [0.25, 0.3) is 0 Å². The SMILES string of the molecule is COCCN(C)CC1(CNC(C)(C)C)CCCC(C)C1. The molecule has 2 unspecified atom stereocenters. The number of likely N-dealkylation sites (N-methyl/N-ethyl adjacent to an activating group) is 1. The van der Waals surface area contributed by atoms with Gasteiger partial charge in [0, 0.05) is 32.3 Å². The Bertz CT molecular complexity index is 275. The second-order valence-corrected chi connectivity index (χ2v) is 8.04. The number of ether oxygens (including phenoxy) is 1. The maximum Gasteiger partial charge on any atom is 0.0589 e. The molecule has 0 aliphatic heterocycles. The number of nitrogens with zero attached hydrogens (tertiary/aromatic N) is 1. The fraction of sp³-hybridized carbons (Fsp3) is 1.00. The van der Waals surface area contributed by atoms with E-state index >= 15 is 0 Å². The van der Waals surface area contributed by atoms with Crippen LogP contribution in [0.3, 0.4) is 0 Å². The highest BCUT2D eigenvalue weighted by molar-refractivity contribution is 4.91. The number of hydrogen-bond acceptors (Lipinski definition) is 3. The molecule has 20 heavy (non-hydrogen) atoms. The van der Waals surface area contributed by atoms with Crippen molar-refractivity contribution >= 4 is 0 Å². The average Bonchev–Trinajstić information content (AvgIpc) is 2.33. The minimum Gasteiger partial charge on any atom is -0.383 e. The van der Waals surface area contributed by atoms with E-state index < -0.39 is 0 Å². The average molecular weight is 284 g/mol. The quantitative estimate of drug-likeness (QED) is 0.777. The first-order chi connectivity index (χ1) is 9.26. The van der Waals surface area contributed by atoms with Crippen LogP contribution >= 0.6 is 0 Å². The Labute approximate surface area is 126 Å². The third-order valence-corrected chi connectivity index (χ3v) is 4.46.